The van der Waals surface area contributed by atoms with E-state index in [0.717, 1.165) is 0 Å². The molecular formula is C7H13NO3S. The second-order valence-corrected chi connectivity index (χ2v) is 5.12. The first-order chi connectivity index (χ1) is 5.64. The minimum Gasteiger partial charge on any atom is -0.393 e. The summed E-state index contributed by atoms with van der Waals surface area (Å²) in [6.07, 6.45) is 2.69. The van der Waals surface area contributed by atoms with Gasteiger partial charge in [-0.05, 0) is 6.92 Å². The Bertz CT molecular complexity index is 244. The van der Waals surface area contributed by atoms with Gasteiger partial charge in [-0.15, -0.1) is 0 Å². The molecule has 0 saturated carbocycles. The Morgan fingerprint density at radius 2 is 2.00 bits per heavy atom. The van der Waals surface area contributed by atoms with Crippen LogP contribution >= 0.6 is 0 Å². The third-order valence-electron chi connectivity index (χ3n) is 1.82. The van der Waals surface area contributed by atoms with Gasteiger partial charge in [0.1, 0.15) is 6.10 Å². The zero-order chi connectivity index (χ0) is 9.03. The zero-order valence-electron chi connectivity index (χ0n) is 7.06. The summed E-state index contributed by atoms with van der Waals surface area (Å²) in [6.45, 7) is 1.76. The predicted octanol–water partition coefficient (Wildman–Crippen LogP) is 0.586. The molecular weight excluding hydrogens is 178 g/mol. The summed E-state index contributed by atoms with van der Waals surface area (Å²) in [5, 5.41) is 3.62. The molecule has 0 aromatic rings. The molecule has 70 valence electrons. The molecule has 12 heavy (non-hydrogen) atoms. The van der Waals surface area contributed by atoms with Gasteiger partial charge in [0.15, 0.2) is 9.84 Å². The van der Waals surface area contributed by atoms with Crippen molar-refractivity contribution in [3.8, 4) is 0 Å². The molecule has 0 aromatic carbocycles. The molecule has 1 aliphatic heterocycles. The van der Waals surface area contributed by atoms with Gasteiger partial charge in [0, 0.05) is 19.1 Å². The fourth-order valence-corrected chi connectivity index (χ4v) is 2.57. The highest BCUT2D eigenvalue weighted by atomic mass is 32.2. The lowest BCUT2D eigenvalue weighted by molar-refractivity contribution is 0.0533. The molecule has 0 N–H and O–H groups in total. The summed E-state index contributed by atoms with van der Waals surface area (Å²) in [5.74, 6) is 0.466. The lowest BCUT2D eigenvalue weighted by atomic mass is 10.2. The van der Waals surface area contributed by atoms with Crippen molar-refractivity contribution < 1.29 is 13.3 Å². The molecule has 0 bridgehead atoms. The number of nitrogens with zero attached hydrogens (tertiary/aromatic N) is 1. The molecule has 1 fully saturated rings. The van der Waals surface area contributed by atoms with Gasteiger partial charge in [0.25, 0.3) is 0 Å². The zero-order valence-corrected chi connectivity index (χ0v) is 7.88. The molecule has 0 aromatic heterocycles. The Kier molecular flexibility index (Phi) is 3.08. The van der Waals surface area contributed by atoms with Gasteiger partial charge < -0.3 is 4.84 Å². The molecule has 1 heterocycles. The summed E-state index contributed by atoms with van der Waals surface area (Å²) in [4.78, 5) is 5.03. The van der Waals surface area contributed by atoms with E-state index < -0.39 is 9.84 Å². The first-order valence-electron chi connectivity index (χ1n) is 3.98. The van der Waals surface area contributed by atoms with E-state index in [2.05, 4.69) is 5.16 Å². The molecule has 4 nitrogen and oxygen atoms in total. The van der Waals surface area contributed by atoms with E-state index in [9.17, 15) is 8.42 Å². The van der Waals surface area contributed by atoms with Crippen LogP contribution in [0.5, 0.6) is 0 Å². The minimum absolute atomic E-state index is 0.00951. The first-order valence-corrected chi connectivity index (χ1v) is 5.80. The van der Waals surface area contributed by atoms with E-state index >= 15 is 0 Å². The van der Waals surface area contributed by atoms with Gasteiger partial charge in [-0.1, -0.05) is 5.16 Å². The number of hydrogen-bond donors (Lipinski definition) is 0. The van der Waals surface area contributed by atoms with Crippen molar-refractivity contribution in [1.82, 2.24) is 0 Å². The average Bonchev–Trinajstić information content (AvgIpc) is 2.03. The third kappa shape index (κ3) is 2.81. The maximum atomic E-state index is 11.0. The molecule has 0 amide bonds. The van der Waals surface area contributed by atoms with Crippen molar-refractivity contribution in [3.63, 3.8) is 0 Å². The lowest BCUT2D eigenvalue weighted by Gasteiger charge is -2.19. The average molecular weight is 191 g/mol. The Labute approximate surface area is 72.5 Å². The summed E-state index contributed by atoms with van der Waals surface area (Å²) < 4.78 is 22.0. The minimum atomic E-state index is -2.77. The number of rotatable bonds is 2. The smallest absolute Gasteiger partial charge is 0.150 e. The maximum absolute atomic E-state index is 11.0. The first kappa shape index (κ1) is 9.51. The molecule has 0 atom stereocenters. The second kappa shape index (κ2) is 3.89. The highest BCUT2D eigenvalue weighted by molar-refractivity contribution is 7.91. The highest BCUT2D eigenvalue weighted by Gasteiger charge is 2.24. The van der Waals surface area contributed by atoms with E-state index in [1.807, 2.05) is 0 Å². The van der Waals surface area contributed by atoms with Crippen LogP contribution in [0, 0.1) is 0 Å². The van der Waals surface area contributed by atoms with Crippen molar-refractivity contribution in [2.45, 2.75) is 25.9 Å². The Balaban J connectivity index is 2.36. The van der Waals surface area contributed by atoms with Crippen LogP contribution < -0.4 is 0 Å². The number of sulfone groups is 1. The predicted molar refractivity (Wildman–Crippen MR) is 46.9 cm³/mol. The maximum Gasteiger partial charge on any atom is 0.150 e. The Morgan fingerprint density at radius 3 is 2.50 bits per heavy atom. The van der Waals surface area contributed by atoms with E-state index in [0.29, 0.717) is 12.8 Å². The monoisotopic (exact) mass is 191 g/mol. The fourth-order valence-electron chi connectivity index (χ4n) is 1.12. The summed E-state index contributed by atoms with van der Waals surface area (Å²) >= 11 is 0. The van der Waals surface area contributed by atoms with Crippen molar-refractivity contribution >= 4 is 16.1 Å². The van der Waals surface area contributed by atoms with Crippen LogP contribution in [-0.4, -0.2) is 32.2 Å². The van der Waals surface area contributed by atoms with Gasteiger partial charge in [-0.3, -0.25) is 0 Å². The van der Waals surface area contributed by atoms with Gasteiger partial charge in [-0.2, -0.15) is 0 Å². The quantitative estimate of drug-likeness (QED) is 0.474. The molecule has 0 radical (unpaired) electrons. The van der Waals surface area contributed by atoms with E-state index in [-0.39, 0.29) is 17.6 Å². The van der Waals surface area contributed by atoms with Crippen molar-refractivity contribution in [2.75, 3.05) is 11.5 Å². The topological polar surface area (TPSA) is 55.7 Å². The lowest BCUT2D eigenvalue weighted by Crippen LogP contribution is -2.27. The standard InChI is InChI=1S/C7H13NO3S/c1-2-8-11-7-3-5-12(9,10)6-4-7/h2,7H,3-6H2,1H3/b8-2-. The molecule has 1 saturated heterocycles. The van der Waals surface area contributed by atoms with Gasteiger partial charge in [0.05, 0.1) is 11.5 Å². The Hall–Kier alpha value is -0.580. The van der Waals surface area contributed by atoms with E-state index in [1.165, 1.54) is 0 Å². The van der Waals surface area contributed by atoms with Crippen LogP contribution in [0.3, 0.4) is 0 Å². The largest absolute Gasteiger partial charge is 0.393 e. The van der Waals surface area contributed by atoms with Gasteiger partial charge >= 0.3 is 0 Å². The van der Waals surface area contributed by atoms with Crippen LogP contribution in [0.15, 0.2) is 5.16 Å². The van der Waals surface area contributed by atoms with Crippen molar-refractivity contribution in [3.05, 3.63) is 0 Å². The summed E-state index contributed by atoms with van der Waals surface area (Å²) in [5.41, 5.74) is 0. The molecule has 5 heteroatoms. The van der Waals surface area contributed by atoms with E-state index in [4.69, 9.17) is 4.84 Å². The van der Waals surface area contributed by atoms with Crippen LogP contribution in [0.25, 0.3) is 0 Å². The SMILES string of the molecule is C/C=N\OC1CCS(=O)(=O)CC1. The van der Waals surface area contributed by atoms with Crippen LogP contribution in [0.1, 0.15) is 19.8 Å². The normalized spacial score (nSPS) is 24.4. The van der Waals surface area contributed by atoms with Gasteiger partial charge in [0.2, 0.25) is 0 Å². The molecule has 0 unspecified atom stereocenters. The molecule has 0 aliphatic carbocycles. The Morgan fingerprint density at radius 1 is 1.42 bits per heavy atom. The van der Waals surface area contributed by atoms with E-state index in [1.54, 1.807) is 13.1 Å². The second-order valence-electron chi connectivity index (χ2n) is 2.82. The highest BCUT2D eigenvalue weighted by Crippen LogP contribution is 2.15. The van der Waals surface area contributed by atoms with Crippen LogP contribution in [0.4, 0.5) is 0 Å². The molecule has 0 spiro atoms. The summed E-state index contributed by atoms with van der Waals surface area (Å²) in [6, 6.07) is 0. The number of hydrogen-bond acceptors (Lipinski definition) is 4. The molecule has 1 rings (SSSR count). The molecule has 1 aliphatic rings. The van der Waals surface area contributed by atoms with Crippen LogP contribution in [-0.2, 0) is 14.7 Å². The van der Waals surface area contributed by atoms with Crippen LogP contribution in [0.2, 0.25) is 0 Å². The summed E-state index contributed by atoms with van der Waals surface area (Å²) in [7, 11) is -2.77. The van der Waals surface area contributed by atoms with Crippen molar-refractivity contribution in [1.29, 1.82) is 0 Å². The van der Waals surface area contributed by atoms with Crippen molar-refractivity contribution in [2.24, 2.45) is 5.16 Å². The fraction of sp³-hybridized carbons (Fsp3) is 0.857. The van der Waals surface area contributed by atoms with Gasteiger partial charge in [-0.25, -0.2) is 8.42 Å². The number of oxime groups is 1. The third-order valence-corrected chi connectivity index (χ3v) is 3.53.